The molecule has 1 amide bonds. The first kappa shape index (κ1) is 8.07. The molecule has 0 saturated heterocycles. The summed E-state index contributed by atoms with van der Waals surface area (Å²) in [4.78, 5) is 14.8. The van der Waals surface area contributed by atoms with Crippen LogP contribution in [0, 0.1) is 0 Å². The summed E-state index contributed by atoms with van der Waals surface area (Å²) in [6.45, 7) is 0. The van der Waals surface area contributed by atoms with Crippen LogP contribution in [0.5, 0.6) is 0 Å². The monoisotopic (exact) mass is 168 g/mol. The van der Waals surface area contributed by atoms with Crippen molar-refractivity contribution in [2.75, 3.05) is 5.88 Å². The molecular formula is C7H8N2OS. The highest BCUT2D eigenvalue weighted by molar-refractivity contribution is 7.80. The lowest BCUT2D eigenvalue weighted by molar-refractivity contribution is 0.0961. The van der Waals surface area contributed by atoms with Crippen molar-refractivity contribution in [3.8, 4) is 0 Å². The number of hydrogen-bond donors (Lipinski definition) is 2. The van der Waals surface area contributed by atoms with Crippen molar-refractivity contribution in [2.24, 2.45) is 0 Å². The molecule has 58 valence electrons. The number of hydrogen-bond acceptors (Lipinski definition) is 3. The Bertz CT molecular complexity index is 237. The highest BCUT2D eigenvalue weighted by atomic mass is 32.1. The van der Waals surface area contributed by atoms with Gasteiger partial charge in [-0.25, -0.2) is 0 Å². The van der Waals surface area contributed by atoms with Crippen LogP contribution in [0.25, 0.3) is 0 Å². The topological polar surface area (TPSA) is 42.0 Å². The summed E-state index contributed by atoms with van der Waals surface area (Å²) >= 11 is 3.86. The molecule has 0 aliphatic rings. The lowest BCUT2D eigenvalue weighted by atomic mass is 10.2. The van der Waals surface area contributed by atoms with Crippen LogP contribution in [0.3, 0.4) is 0 Å². The highest BCUT2D eigenvalue weighted by Gasteiger charge is 2.00. The SMILES string of the molecule is O=C(NCS)c1ccncc1. The average molecular weight is 168 g/mol. The summed E-state index contributed by atoms with van der Waals surface area (Å²) in [7, 11) is 0. The molecule has 0 fully saturated rings. The van der Waals surface area contributed by atoms with Crippen molar-refractivity contribution in [3.05, 3.63) is 30.1 Å². The van der Waals surface area contributed by atoms with Crippen LogP contribution < -0.4 is 5.32 Å². The predicted octanol–water partition coefficient (Wildman–Crippen LogP) is 0.699. The van der Waals surface area contributed by atoms with E-state index in [0.29, 0.717) is 11.4 Å². The van der Waals surface area contributed by atoms with Gasteiger partial charge in [0.05, 0.1) is 5.88 Å². The van der Waals surface area contributed by atoms with E-state index in [0.717, 1.165) is 0 Å². The van der Waals surface area contributed by atoms with E-state index in [-0.39, 0.29) is 5.91 Å². The molecule has 1 heterocycles. The van der Waals surface area contributed by atoms with Crippen molar-refractivity contribution < 1.29 is 4.79 Å². The maximum Gasteiger partial charge on any atom is 0.252 e. The molecule has 3 nitrogen and oxygen atoms in total. The third-order valence-corrected chi connectivity index (χ3v) is 1.34. The van der Waals surface area contributed by atoms with Gasteiger partial charge in [0, 0.05) is 18.0 Å². The van der Waals surface area contributed by atoms with E-state index in [1.54, 1.807) is 24.5 Å². The van der Waals surface area contributed by atoms with Crippen LogP contribution >= 0.6 is 12.6 Å². The van der Waals surface area contributed by atoms with E-state index in [1.165, 1.54) is 0 Å². The molecule has 0 spiro atoms. The summed E-state index contributed by atoms with van der Waals surface area (Å²) in [5.41, 5.74) is 0.606. The van der Waals surface area contributed by atoms with Crippen LogP contribution in [0.2, 0.25) is 0 Å². The molecule has 0 aromatic carbocycles. The van der Waals surface area contributed by atoms with Gasteiger partial charge in [-0.1, -0.05) is 0 Å². The van der Waals surface area contributed by atoms with E-state index in [2.05, 4.69) is 22.9 Å². The third-order valence-electron chi connectivity index (χ3n) is 1.18. The lowest BCUT2D eigenvalue weighted by Crippen LogP contribution is -2.21. The molecule has 0 bridgehead atoms. The largest absolute Gasteiger partial charge is 0.343 e. The average Bonchev–Trinajstić information content (AvgIpc) is 2.07. The summed E-state index contributed by atoms with van der Waals surface area (Å²) in [6, 6.07) is 3.30. The van der Waals surface area contributed by atoms with Gasteiger partial charge in [0.25, 0.3) is 5.91 Å². The minimum absolute atomic E-state index is 0.123. The Morgan fingerprint density at radius 1 is 1.55 bits per heavy atom. The van der Waals surface area contributed by atoms with Crippen molar-refractivity contribution in [1.82, 2.24) is 10.3 Å². The van der Waals surface area contributed by atoms with Gasteiger partial charge >= 0.3 is 0 Å². The van der Waals surface area contributed by atoms with Crippen LogP contribution in [-0.2, 0) is 0 Å². The van der Waals surface area contributed by atoms with E-state index in [9.17, 15) is 4.79 Å². The molecule has 0 aliphatic carbocycles. The number of rotatable bonds is 2. The minimum Gasteiger partial charge on any atom is -0.343 e. The van der Waals surface area contributed by atoms with Gasteiger partial charge in [0.15, 0.2) is 0 Å². The Balaban J connectivity index is 2.69. The first-order chi connectivity index (χ1) is 5.34. The fraction of sp³-hybridized carbons (Fsp3) is 0.143. The second-order valence-electron chi connectivity index (χ2n) is 1.90. The quantitative estimate of drug-likeness (QED) is 0.504. The number of thiol groups is 1. The summed E-state index contributed by atoms with van der Waals surface area (Å²) < 4.78 is 0. The van der Waals surface area contributed by atoms with Crippen LogP contribution in [-0.4, -0.2) is 16.8 Å². The first-order valence-corrected chi connectivity index (χ1v) is 3.77. The van der Waals surface area contributed by atoms with Gasteiger partial charge in [0.1, 0.15) is 0 Å². The smallest absolute Gasteiger partial charge is 0.252 e. The van der Waals surface area contributed by atoms with E-state index < -0.39 is 0 Å². The highest BCUT2D eigenvalue weighted by Crippen LogP contribution is 1.94. The molecular weight excluding hydrogens is 160 g/mol. The number of nitrogens with zero attached hydrogens (tertiary/aromatic N) is 1. The number of nitrogens with one attached hydrogen (secondary N) is 1. The maximum absolute atomic E-state index is 11.1. The Labute approximate surface area is 70.2 Å². The Morgan fingerprint density at radius 2 is 2.18 bits per heavy atom. The van der Waals surface area contributed by atoms with Gasteiger partial charge in [0.2, 0.25) is 0 Å². The Hall–Kier alpha value is -1.03. The minimum atomic E-state index is -0.123. The van der Waals surface area contributed by atoms with E-state index in [1.807, 2.05) is 0 Å². The molecule has 1 aromatic rings. The van der Waals surface area contributed by atoms with Gasteiger partial charge in [-0.3, -0.25) is 9.78 Å². The second-order valence-corrected chi connectivity index (χ2v) is 2.22. The molecule has 1 aromatic heterocycles. The zero-order chi connectivity index (χ0) is 8.10. The zero-order valence-corrected chi connectivity index (χ0v) is 6.71. The molecule has 1 N–H and O–H groups in total. The third kappa shape index (κ3) is 2.23. The molecule has 0 unspecified atom stereocenters. The predicted molar refractivity (Wildman–Crippen MR) is 45.6 cm³/mol. The number of carbonyl (C=O) groups is 1. The number of carbonyl (C=O) groups excluding carboxylic acids is 1. The van der Waals surface area contributed by atoms with Crippen molar-refractivity contribution >= 4 is 18.5 Å². The zero-order valence-electron chi connectivity index (χ0n) is 5.82. The second kappa shape index (κ2) is 3.98. The first-order valence-electron chi connectivity index (χ1n) is 3.13. The fourth-order valence-electron chi connectivity index (χ4n) is 0.677. The summed E-state index contributed by atoms with van der Waals surface area (Å²) in [6.07, 6.45) is 3.15. The Morgan fingerprint density at radius 3 is 2.73 bits per heavy atom. The Kier molecular flexibility index (Phi) is 2.92. The number of amides is 1. The van der Waals surface area contributed by atoms with Gasteiger partial charge in [-0.05, 0) is 12.1 Å². The van der Waals surface area contributed by atoms with Gasteiger partial charge in [-0.2, -0.15) is 12.6 Å². The standard InChI is InChI=1S/C7H8N2OS/c10-7(9-5-11)6-1-3-8-4-2-6/h1-4,11H,5H2,(H,9,10). The fourth-order valence-corrected chi connectivity index (χ4v) is 0.821. The maximum atomic E-state index is 11.1. The molecule has 11 heavy (non-hydrogen) atoms. The molecule has 4 heteroatoms. The van der Waals surface area contributed by atoms with Crippen LogP contribution in [0.15, 0.2) is 24.5 Å². The molecule has 1 rings (SSSR count). The summed E-state index contributed by atoms with van der Waals surface area (Å²) in [5.74, 6) is 0.226. The van der Waals surface area contributed by atoms with Crippen molar-refractivity contribution in [2.45, 2.75) is 0 Å². The number of aromatic nitrogens is 1. The molecule has 0 atom stereocenters. The normalized spacial score (nSPS) is 9.18. The lowest BCUT2D eigenvalue weighted by Gasteiger charge is -1.98. The van der Waals surface area contributed by atoms with Crippen LogP contribution in [0.4, 0.5) is 0 Å². The van der Waals surface area contributed by atoms with Crippen molar-refractivity contribution in [1.29, 1.82) is 0 Å². The molecule has 0 saturated carbocycles. The van der Waals surface area contributed by atoms with Crippen molar-refractivity contribution in [3.63, 3.8) is 0 Å². The van der Waals surface area contributed by atoms with Gasteiger partial charge < -0.3 is 5.32 Å². The summed E-state index contributed by atoms with van der Waals surface area (Å²) in [5, 5.41) is 2.56. The van der Waals surface area contributed by atoms with Crippen LogP contribution in [0.1, 0.15) is 10.4 Å². The van der Waals surface area contributed by atoms with E-state index >= 15 is 0 Å². The molecule has 0 radical (unpaired) electrons. The van der Waals surface area contributed by atoms with E-state index in [4.69, 9.17) is 0 Å². The van der Waals surface area contributed by atoms with Gasteiger partial charge in [-0.15, -0.1) is 0 Å². The molecule has 0 aliphatic heterocycles. The number of pyridine rings is 1.